The largest absolute Gasteiger partial charge is 0.322 e. The molecule has 1 aromatic carbocycles. The van der Waals surface area contributed by atoms with Gasteiger partial charge in [-0.1, -0.05) is 18.0 Å². The monoisotopic (exact) mass is 419 g/mol. The number of hydrogen-bond acceptors (Lipinski definition) is 4. The lowest BCUT2D eigenvalue weighted by atomic mass is 9.80. The summed E-state index contributed by atoms with van der Waals surface area (Å²) >= 11 is 6.24. The summed E-state index contributed by atoms with van der Waals surface area (Å²) in [6.45, 7) is 2.17. The molecule has 0 spiro atoms. The molecule has 0 atom stereocenters. The van der Waals surface area contributed by atoms with Gasteiger partial charge in [0.25, 0.3) is 5.91 Å². The lowest BCUT2D eigenvalue weighted by Gasteiger charge is -2.26. The molecule has 1 saturated heterocycles. The number of rotatable bonds is 4. The first-order valence-corrected chi connectivity index (χ1v) is 11.4. The Morgan fingerprint density at radius 3 is 2.64 bits per heavy atom. The average molecular weight is 420 g/mol. The molecule has 1 amide bonds. The van der Waals surface area contributed by atoms with Crippen molar-refractivity contribution >= 4 is 39.0 Å². The molecule has 1 N–H and O–H groups in total. The fraction of sp³-hybridized carbons (Fsp3) is 0.400. The van der Waals surface area contributed by atoms with Crippen LogP contribution in [0.2, 0.25) is 5.02 Å². The normalized spacial score (nSPS) is 18.7. The molecule has 8 heteroatoms. The highest BCUT2D eigenvalue weighted by Crippen LogP contribution is 2.38. The van der Waals surface area contributed by atoms with Gasteiger partial charge in [-0.2, -0.15) is 0 Å². The highest BCUT2D eigenvalue weighted by atomic mass is 35.5. The molecule has 2 fully saturated rings. The maximum Gasteiger partial charge on any atom is 0.256 e. The summed E-state index contributed by atoms with van der Waals surface area (Å²) in [6, 6.07) is 7.19. The molecule has 1 aliphatic carbocycles. The van der Waals surface area contributed by atoms with Crippen molar-refractivity contribution in [1.29, 1.82) is 0 Å². The fourth-order valence-electron chi connectivity index (χ4n) is 3.65. The van der Waals surface area contributed by atoms with Crippen LogP contribution in [0.1, 0.15) is 53.1 Å². The third-order valence-electron chi connectivity index (χ3n) is 5.44. The van der Waals surface area contributed by atoms with Crippen molar-refractivity contribution in [3.63, 3.8) is 0 Å². The molecule has 0 unspecified atom stereocenters. The van der Waals surface area contributed by atoms with E-state index in [0.717, 1.165) is 18.4 Å². The zero-order chi connectivity index (χ0) is 19.9. The highest BCUT2D eigenvalue weighted by molar-refractivity contribution is 7.93. The lowest BCUT2D eigenvalue weighted by molar-refractivity contribution is 0.102. The molecule has 0 bridgehead atoms. The van der Waals surface area contributed by atoms with Crippen LogP contribution in [0.15, 0.2) is 30.5 Å². The van der Waals surface area contributed by atoms with Crippen LogP contribution in [-0.2, 0) is 10.0 Å². The molecule has 1 aromatic heterocycles. The van der Waals surface area contributed by atoms with E-state index in [1.54, 1.807) is 19.1 Å². The van der Waals surface area contributed by atoms with Gasteiger partial charge in [0.2, 0.25) is 10.0 Å². The number of halogens is 1. The number of hydrogen-bond donors (Lipinski definition) is 1. The summed E-state index contributed by atoms with van der Waals surface area (Å²) in [5.41, 5.74) is 2.87. The Bertz CT molecular complexity index is 1030. The van der Waals surface area contributed by atoms with Crippen molar-refractivity contribution in [1.82, 2.24) is 4.98 Å². The van der Waals surface area contributed by atoms with E-state index in [4.69, 9.17) is 11.6 Å². The second kappa shape index (κ2) is 7.37. The van der Waals surface area contributed by atoms with Gasteiger partial charge < -0.3 is 5.32 Å². The van der Waals surface area contributed by atoms with Crippen molar-refractivity contribution in [2.24, 2.45) is 0 Å². The summed E-state index contributed by atoms with van der Waals surface area (Å²) < 4.78 is 25.6. The van der Waals surface area contributed by atoms with Gasteiger partial charge in [-0.3, -0.25) is 9.10 Å². The first-order valence-electron chi connectivity index (χ1n) is 9.42. The number of benzene rings is 1. The minimum atomic E-state index is -3.35. The molecular weight excluding hydrogens is 398 g/mol. The minimum Gasteiger partial charge on any atom is -0.322 e. The van der Waals surface area contributed by atoms with E-state index in [2.05, 4.69) is 10.3 Å². The number of sulfonamides is 1. The molecule has 1 aliphatic heterocycles. The number of nitrogens with zero attached hydrogens (tertiary/aromatic N) is 2. The molecule has 28 heavy (non-hydrogen) atoms. The quantitative estimate of drug-likeness (QED) is 0.808. The smallest absolute Gasteiger partial charge is 0.256 e. The van der Waals surface area contributed by atoms with Crippen LogP contribution < -0.4 is 9.62 Å². The summed E-state index contributed by atoms with van der Waals surface area (Å²) in [4.78, 5) is 17.1. The number of aryl methyl sites for hydroxylation is 1. The zero-order valence-electron chi connectivity index (χ0n) is 15.6. The molecule has 2 aliphatic rings. The van der Waals surface area contributed by atoms with E-state index in [1.807, 2.05) is 12.1 Å². The van der Waals surface area contributed by atoms with E-state index in [9.17, 15) is 13.2 Å². The van der Waals surface area contributed by atoms with E-state index in [-0.39, 0.29) is 17.5 Å². The molecule has 148 valence electrons. The van der Waals surface area contributed by atoms with E-state index in [1.165, 1.54) is 16.9 Å². The number of carbonyl (C=O) groups excluding carboxylic acids is 1. The van der Waals surface area contributed by atoms with E-state index in [0.29, 0.717) is 40.7 Å². The molecule has 1 saturated carbocycles. The van der Waals surface area contributed by atoms with Crippen molar-refractivity contribution in [2.45, 2.75) is 38.5 Å². The van der Waals surface area contributed by atoms with Gasteiger partial charge in [0, 0.05) is 29.0 Å². The lowest BCUT2D eigenvalue weighted by Crippen LogP contribution is -2.26. The van der Waals surface area contributed by atoms with Crippen molar-refractivity contribution < 1.29 is 13.2 Å². The van der Waals surface area contributed by atoms with Crippen molar-refractivity contribution in [3.05, 3.63) is 52.2 Å². The third kappa shape index (κ3) is 3.73. The predicted molar refractivity (Wildman–Crippen MR) is 111 cm³/mol. The maximum absolute atomic E-state index is 12.9. The Morgan fingerprint density at radius 2 is 2.00 bits per heavy atom. The number of aromatic nitrogens is 1. The van der Waals surface area contributed by atoms with Gasteiger partial charge >= 0.3 is 0 Å². The van der Waals surface area contributed by atoms with Crippen LogP contribution in [0.5, 0.6) is 0 Å². The predicted octanol–water partition coefficient (Wildman–Crippen LogP) is 4.10. The van der Waals surface area contributed by atoms with Gasteiger partial charge in [0.1, 0.15) is 5.82 Å². The van der Waals surface area contributed by atoms with Crippen LogP contribution in [0.25, 0.3) is 0 Å². The van der Waals surface area contributed by atoms with Crippen LogP contribution in [-0.4, -0.2) is 31.6 Å². The number of anilines is 2. The number of carbonyl (C=O) groups is 1. The van der Waals surface area contributed by atoms with Gasteiger partial charge in [-0.25, -0.2) is 13.4 Å². The summed E-state index contributed by atoms with van der Waals surface area (Å²) in [5, 5.41) is 3.50. The first kappa shape index (κ1) is 19.2. The van der Waals surface area contributed by atoms with Crippen LogP contribution >= 0.6 is 11.6 Å². The Hall–Kier alpha value is -2.12. The fourth-order valence-corrected chi connectivity index (χ4v) is 5.40. The second-order valence-corrected chi connectivity index (χ2v) is 9.90. The summed E-state index contributed by atoms with van der Waals surface area (Å²) in [6.07, 6.45) is 5.61. The number of pyridine rings is 1. The number of nitrogens with one attached hydrogen (secondary N) is 1. The Morgan fingerprint density at radius 1 is 1.21 bits per heavy atom. The van der Waals surface area contributed by atoms with E-state index >= 15 is 0 Å². The molecule has 2 aromatic rings. The zero-order valence-corrected chi connectivity index (χ0v) is 17.2. The Balaban J connectivity index is 1.60. The Kier molecular flexibility index (Phi) is 5.05. The molecular formula is C20H22ClN3O3S. The van der Waals surface area contributed by atoms with Gasteiger partial charge in [0.15, 0.2) is 0 Å². The van der Waals surface area contributed by atoms with Crippen LogP contribution in [0, 0.1) is 6.92 Å². The summed E-state index contributed by atoms with van der Waals surface area (Å²) in [7, 11) is -3.35. The SMILES string of the molecule is Cc1cnc(N2CCCS2(=O)=O)cc1C(=O)Nc1cc(Cl)cc(C2CCC2)c1. The van der Waals surface area contributed by atoms with Crippen LogP contribution in [0.4, 0.5) is 11.5 Å². The van der Waals surface area contributed by atoms with Gasteiger partial charge in [-0.05, 0) is 67.5 Å². The Labute approximate surface area is 170 Å². The average Bonchev–Trinajstić information content (AvgIpc) is 2.92. The molecule has 4 rings (SSSR count). The van der Waals surface area contributed by atoms with Gasteiger partial charge in [-0.15, -0.1) is 0 Å². The number of amides is 1. The summed E-state index contributed by atoms with van der Waals surface area (Å²) in [5.74, 6) is 0.592. The first-order chi connectivity index (χ1) is 13.3. The third-order valence-corrected chi connectivity index (χ3v) is 7.51. The minimum absolute atomic E-state index is 0.108. The molecule has 2 heterocycles. The standard InChI is InChI=1S/C20H22ClN3O3S/c1-13-12-22-19(24-6-3-7-28(24,26)27)11-18(13)20(25)23-17-9-15(8-16(21)10-17)14-4-2-5-14/h8-12,14H,2-7H2,1H3,(H,23,25). The maximum atomic E-state index is 12.9. The van der Waals surface area contributed by atoms with Crippen molar-refractivity contribution in [3.8, 4) is 0 Å². The van der Waals surface area contributed by atoms with Crippen molar-refractivity contribution in [2.75, 3.05) is 21.9 Å². The molecule has 6 nitrogen and oxygen atoms in total. The molecule has 0 radical (unpaired) electrons. The topological polar surface area (TPSA) is 79.4 Å². The highest BCUT2D eigenvalue weighted by Gasteiger charge is 2.30. The van der Waals surface area contributed by atoms with E-state index < -0.39 is 10.0 Å². The second-order valence-electron chi connectivity index (χ2n) is 7.45. The van der Waals surface area contributed by atoms with Crippen LogP contribution in [0.3, 0.4) is 0 Å². The van der Waals surface area contributed by atoms with Gasteiger partial charge in [0.05, 0.1) is 5.75 Å².